The van der Waals surface area contributed by atoms with Crippen LogP contribution in [0.1, 0.15) is 56.6 Å². The number of nitrogens with one attached hydrogen (secondary N) is 1. The van der Waals surface area contributed by atoms with Gasteiger partial charge in [-0.3, -0.25) is 14.7 Å². The van der Waals surface area contributed by atoms with Gasteiger partial charge in [0.05, 0.1) is 6.54 Å². The number of halogens is 4. The molecule has 1 saturated heterocycles. The van der Waals surface area contributed by atoms with Crippen molar-refractivity contribution in [1.29, 1.82) is 0 Å². The molecule has 1 aromatic carbocycles. The molecule has 3 heterocycles. The molecule has 0 radical (unpaired) electrons. The van der Waals surface area contributed by atoms with Gasteiger partial charge in [0, 0.05) is 59.9 Å². The Kier molecular flexibility index (Phi) is 17.7. The van der Waals surface area contributed by atoms with Crippen LogP contribution in [0.4, 0.5) is 13.2 Å². The number of aliphatic imine (C=N–C) groups is 1. The molecule has 234 valence electrons. The number of thiazole rings is 1. The van der Waals surface area contributed by atoms with E-state index in [0.29, 0.717) is 35.1 Å². The number of likely N-dealkylation sites (tertiary alicyclic amines) is 1. The van der Waals surface area contributed by atoms with Crippen molar-refractivity contribution >= 4 is 47.0 Å². The van der Waals surface area contributed by atoms with Crippen LogP contribution in [0.2, 0.25) is 5.02 Å². The second-order valence-corrected chi connectivity index (χ2v) is 11.5. The van der Waals surface area contributed by atoms with Crippen molar-refractivity contribution in [1.82, 2.24) is 15.2 Å². The summed E-state index contributed by atoms with van der Waals surface area (Å²) in [6.07, 6.45) is 5.20. The minimum Gasteiger partial charge on any atom is -0.483 e. The number of benzene rings is 1. The van der Waals surface area contributed by atoms with Gasteiger partial charge in [0.1, 0.15) is 11.9 Å². The molecule has 1 fully saturated rings. The summed E-state index contributed by atoms with van der Waals surface area (Å²) in [6, 6.07) is 3.58. The lowest BCUT2D eigenvalue weighted by Crippen LogP contribution is -2.41. The topological polar surface area (TPSA) is 98.0 Å². The molecule has 2 aliphatic rings. The van der Waals surface area contributed by atoms with Crippen LogP contribution in [0.5, 0.6) is 0 Å². The van der Waals surface area contributed by atoms with Gasteiger partial charge in [-0.1, -0.05) is 50.9 Å². The van der Waals surface area contributed by atoms with Crippen molar-refractivity contribution in [3.8, 4) is 0 Å². The third-order valence-corrected chi connectivity index (χ3v) is 8.11. The number of carboxylic acid groups (broad SMARTS) is 1. The number of aliphatic hydroxyl groups is 1. The Labute approximate surface area is 259 Å². The van der Waals surface area contributed by atoms with Gasteiger partial charge < -0.3 is 15.5 Å². The van der Waals surface area contributed by atoms with E-state index in [-0.39, 0.29) is 30.5 Å². The molecule has 13 heteroatoms. The SMILES string of the molecule is C=CCSCC1CC(F)(F)CN1CC1=C(CC)[C@H](c2ccc(F)cc2Cl)N=C(c2nccs2)N1.CCC.CO.O=CO. The Balaban J connectivity index is 0.000000998. The van der Waals surface area contributed by atoms with Crippen LogP contribution in [0, 0.1) is 5.82 Å². The number of amidine groups is 1. The molecular weight excluding hydrogens is 609 g/mol. The molecule has 4 rings (SSSR count). The van der Waals surface area contributed by atoms with Crippen LogP contribution in [-0.2, 0) is 4.79 Å². The number of carbonyl (C=O) groups is 1. The predicted octanol–water partition coefficient (Wildman–Crippen LogP) is 7.05. The highest BCUT2D eigenvalue weighted by Gasteiger charge is 2.45. The Bertz CT molecular complexity index is 1170. The first-order valence-electron chi connectivity index (χ1n) is 13.4. The summed E-state index contributed by atoms with van der Waals surface area (Å²) >= 11 is 9.46. The molecule has 1 unspecified atom stereocenters. The lowest BCUT2D eigenvalue weighted by Gasteiger charge is -2.32. The van der Waals surface area contributed by atoms with E-state index in [2.05, 4.69) is 30.7 Å². The minimum atomic E-state index is -2.73. The number of rotatable bonds is 9. The number of alkyl halides is 2. The molecule has 3 N–H and O–H groups in total. The number of aromatic nitrogens is 1. The predicted molar refractivity (Wildman–Crippen MR) is 169 cm³/mol. The van der Waals surface area contributed by atoms with E-state index in [1.165, 1.54) is 29.9 Å². The van der Waals surface area contributed by atoms with E-state index in [9.17, 15) is 13.2 Å². The highest BCUT2D eigenvalue weighted by Crippen LogP contribution is 2.39. The van der Waals surface area contributed by atoms with E-state index in [0.717, 1.165) is 24.1 Å². The highest BCUT2D eigenvalue weighted by atomic mass is 35.5. The summed E-state index contributed by atoms with van der Waals surface area (Å²) < 4.78 is 42.6. The second-order valence-electron chi connectivity index (χ2n) is 9.12. The van der Waals surface area contributed by atoms with Crippen molar-refractivity contribution < 1.29 is 28.2 Å². The molecule has 0 bridgehead atoms. The molecule has 2 atom stereocenters. The Hall–Kier alpha value is -2.38. The third-order valence-electron chi connectivity index (χ3n) is 5.91. The van der Waals surface area contributed by atoms with Gasteiger partial charge >= 0.3 is 0 Å². The molecule has 2 aromatic rings. The smallest absolute Gasteiger partial charge is 0.290 e. The molecule has 7 nitrogen and oxygen atoms in total. The number of nitrogens with zero attached hydrogens (tertiary/aromatic N) is 3. The van der Waals surface area contributed by atoms with Crippen LogP contribution in [0.15, 0.2) is 58.7 Å². The summed E-state index contributed by atoms with van der Waals surface area (Å²) in [5.74, 6) is -1.25. The van der Waals surface area contributed by atoms with Crippen molar-refractivity contribution in [2.24, 2.45) is 4.99 Å². The largest absolute Gasteiger partial charge is 0.483 e. The van der Waals surface area contributed by atoms with E-state index >= 15 is 0 Å². The Morgan fingerprint density at radius 2 is 1.98 bits per heavy atom. The molecular formula is C29H40ClF3N4O3S2. The fraction of sp³-hybridized carbons (Fsp3) is 0.483. The van der Waals surface area contributed by atoms with Gasteiger partial charge in [-0.25, -0.2) is 18.2 Å². The second kappa shape index (κ2) is 19.7. The highest BCUT2D eigenvalue weighted by molar-refractivity contribution is 7.99. The first-order valence-corrected chi connectivity index (χ1v) is 15.8. The van der Waals surface area contributed by atoms with E-state index in [1.54, 1.807) is 30.1 Å². The number of aliphatic hydroxyl groups excluding tert-OH is 1. The van der Waals surface area contributed by atoms with Crippen LogP contribution in [0.3, 0.4) is 0 Å². The molecule has 0 aliphatic carbocycles. The van der Waals surface area contributed by atoms with E-state index in [1.807, 2.05) is 17.2 Å². The lowest BCUT2D eigenvalue weighted by molar-refractivity contribution is -0.122. The summed E-state index contributed by atoms with van der Waals surface area (Å²) in [6.45, 7) is 9.76. The van der Waals surface area contributed by atoms with Crippen LogP contribution in [-0.4, -0.2) is 76.1 Å². The zero-order valence-corrected chi connectivity index (χ0v) is 26.7. The molecule has 1 aromatic heterocycles. The Morgan fingerprint density at radius 3 is 2.52 bits per heavy atom. The van der Waals surface area contributed by atoms with Gasteiger partial charge in [-0.05, 0) is 29.7 Å². The fourth-order valence-electron chi connectivity index (χ4n) is 4.41. The van der Waals surface area contributed by atoms with Crippen molar-refractivity contribution in [2.75, 3.05) is 31.7 Å². The average Bonchev–Trinajstić information content (AvgIpc) is 3.58. The van der Waals surface area contributed by atoms with Gasteiger partial charge in [-0.2, -0.15) is 11.8 Å². The lowest BCUT2D eigenvalue weighted by atomic mass is 9.93. The first-order chi connectivity index (χ1) is 20.1. The van der Waals surface area contributed by atoms with Crippen molar-refractivity contribution in [3.05, 3.63) is 75.1 Å². The maximum atomic E-state index is 14.4. The van der Waals surface area contributed by atoms with Gasteiger partial charge in [0.2, 0.25) is 0 Å². The average molecular weight is 649 g/mol. The zero-order chi connectivity index (χ0) is 31.7. The van der Waals surface area contributed by atoms with Crippen molar-refractivity contribution in [2.45, 2.75) is 58.0 Å². The summed E-state index contributed by atoms with van der Waals surface area (Å²) in [5.41, 5.74) is 2.45. The molecule has 0 saturated carbocycles. The minimum absolute atomic E-state index is 0.160. The standard InChI is InChI=1S/C24H26ClF3N4S2.C3H8.CH2O2.CH4O/c1-3-8-33-13-16-11-24(27,28)14-32(16)12-20-17(4-2)21(18-6-5-15(26)10-19(18)25)31-22(30-20)23-29-7-9-34-23;1-3-2;2-1-3;1-2/h3,5-7,9-10,16,21H,1,4,8,11-14H2,2H3,(H,30,31);3H2,1-2H3;1H,(H,2,3);2H,1H3/t16?,21-;;;/m1.../s1. The maximum absolute atomic E-state index is 14.4. The molecule has 0 spiro atoms. The third kappa shape index (κ3) is 11.4. The van der Waals surface area contributed by atoms with Crippen LogP contribution in [0.25, 0.3) is 0 Å². The fourth-order valence-corrected chi connectivity index (χ4v) is 6.17. The molecule has 2 aliphatic heterocycles. The van der Waals surface area contributed by atoms with Gasteiger partial charge in [0.25, 0.3) is 12.4 Å². The Morgan fingerprint density at radius 1 is 1.31 bits per heavy atom. The number of hydrogen-bond acceptors (Lipinski definition) is 8. The summed E-state index contributed by atoms with van der Waals surface area (Å²) in [4.78, 5) is 19.5. The maximum Gasteiger partial charge on any atom is 0.290 e. The summed E-state index contributed by atoms with van der Waals surface area (Å²) in [5, 5.41) is 20.1. The summed E-state index contributed by atoms with van der Waals surface area (Å²) in [7, 11) is 1.00. The first kappa shape index (κ1) is 37.6. The van der Waals surface area contributed by atoms with Crippen LogP contribution < -0.4 is 5.32 Å². The number of thioether (sulfide) groups is 1. The van der Waals surface area contributed by atoms with Gasteiger partial charge in [0.15, 0.2) is 10.8 Å². The molecule has 0 amide bonds. The van der Waals surface area contributed by atoms with Gasteiger partial charge in [-0.15, -0.1) is 17.9 Å². The van der Waals surface area contributed by atoms with Crippen molar-refractivity contribution in [3.63, 3.8) is 0 Å². The van der Waals surface area contributed by atoms with E-state index in [4.69, 9.17) is 31.6 Å². The quantitative estimate of drug-likeness (QED) is 0.152. The monoisotopic (exact) mass is 648 g/mol. The molecule has 42 heavy (non-hydrogen) atoms. The zero-order valence-electron chi connectivity index (χ0n) is 24.3. The number of hydrogen-bond donors (Lipinski definition) is 3. The van der Waals surface area contributed by atoms with Crippen LogP contribution >= 0.6 is 34.7 Å². The normalized spacial score (nSPS) is 19.1. The van der Waals surface area contributed by atoms with E-state index < -0.39 is 17.8 Å².